The zero-order chi connectivity index (χ0) is 14.6. The van der Waals surface area contributed by atoms with Gasteiger partial charge in [-0.05, 0) is 6.07 Å². The lowest BCUT2D eigenvalue weighted by Crippen LogP contribution is -2.48. The van der Waals surface area contributed by atoms with E-state index in [1.807, 2.05) is 0 Å². The molecule has 1 aromatic rings. The van der Waals surface area contributed by atoms with E-state index in [4.69, 9.17) is 5.73 Å². The first-order valence-corrected chi connectivity index (χ1v) is 5.36. The summed E-state index contributed by atoms with van der Waals surface area (Å²) in [4.78, 5) is 22.5. The molecular weight excluding hydrogens is 263 g/mol. The molecule has 8 heteroatoms. The highest BCUT2D eigenvalue weighted by atomic mass is 19.4. The molecule has 19 heavy (non-hydrogen) atoms. The average Bonchev–Trinajstić information content (AvgIpc) is 2.34. The van der Waals surface area contributed by atoms with Gasteiger partial charge < -0.3 is 11.1 Å². The molecule has 0 fully saturated rings. The fraction of sp³-hybridized carbons (Fsp3) is 0.364. The second-order valence-corrected chi connectivity index (χ2v) is 3.91. The molecule has 3 N–H and O–H groups in total. The number of amides is 2. The Hall–Kier alpha value is -2.12. The summed E-state index contributed by atoms with van der Waals surface area (Å²) in [6.45, 7) is 0.0166. The van der Waals surface area contributed by atoms with Gasteiger partial charge >= 0.3 is 6.18 Å². The summed E-state index contributed by atoms with van der Waals surface area (Å²) in [5.41, 5.74) is 5.24. The number of hydrogen-bond donors (Lipinski definition) is 2. The minimum absolute atomic E-state index is 0.165. The summed E-state index contributed by atoms with van der Waals surface area (Å²) < 4.78 is 37.2. The zero-order valence-corrected chi connectivity index (χ0v) is 10.1. The van der Waals surface area contributed by atoms with E-state index in [1.54, 1.807) is 5.32 Å². The quantitative estimate of drug-likeness (QED) is 0.777. The van der Waals surface area contributed by atoms with E-state index < -0.39 is 30.6 Å². The number of alkyl halides is 3. The number of nitrogens with two attached hydrogens (primary N) is 1. The Morgan fingerprint density at radius 1 is 1.47 bits per heavy atom. The Morgan fingerprint density at radius 2 is 2.11 bits per heavy atom. The first-order chi connectivity index (χ1) is 8.70. The number of carbonyl (C=O) groups excluding carboxylic acids is 2. The van der Waals surface area contributed by atoms with Crippen molar-refractivity contribution in [2.75, 3.05) is 6.54 Å². The van der Waals surface area contributed by atoms with Crippen molar-refractivity contribution in [1.82, 2.24) is 5.32 Å². The van der Waals surface area contributed by atoms with Gasteiger partial charge in [0.05, 0.1) is 0 Å². The molecule has 0 saturated carbocycles. The van der Waals surface area contributed by atoms with E-state index in [0.717, 1.165) is 0 Å². The Labute approximate surface area is 107 Å². The smallest absolute Gasteiger partial charge is 0.365 e. The maximum absolute atomic E-state index is 12.0. The molecule has 2 amide bonds. The monoisotopic (exact) mass is 276 g/mol. The van der Waals surface area contributed by atoms with Crippen LogP contribution in [0.5, 0.6) is 0 Å². The third kappa shape index (κ3) is 4.57. The minimum atomic E-state index is -4.46. The lowest BCUT2D eigenvalue weighted by Gasteiger charge is -2.10. The van der Waals surface area contributed by atoms with Crippen molar-refractivity contribution in [3.63, 3.8) is 0 Å². The summed E-state index contributed by atoms with van der Waals surface area (Å²) in [6.07, 6.45) is -1.69. The molecule has 1 heterocycles. The molecule has 0 saturated heterocycles. The Kier molecular flexibility index (Phi) is 4.47. The van der Waals surface area contributed by atoms with Crippen molar-refractivity contribution < 1.29 is 27.3 Å². The molecule has 1 aromatic heterocycles. The number of rotatable bonds is 4. The normalized spacial score (nSPS) is 12.8. The molecule has 0 aliphatic rings. The van der Waals surface area contributed by atoms with Gasteiger partial charge in [-0.3, -0.25) is 9.59 Å². The van der Waals surface area contributed by atoms with Crippen molar-refractivity contribution >= 4 is 11.8 Å². The van der Waals surface area contributed by atoms with Gasteiger partial charge in [0.25, 0.3) is 11.8 Å². The van der Waals surface area contributed by atoms with E-state index >= 15 is 0 Å². The number of halogens is 3. The molecule has 0 unspecified atom stereocenters. The molecule has 0 aliphatic carbocycles. The summed E-state index contributed by atoms with van der Waals surface area (Å²) in [7, 11) is 0. The Morgan fingerprint density at radius 3 is 2.63 bits per heavy atom. The second kappa shape index (κ2) is 5.68. The maximum Gasteiger partial charge on any atom is 0.405 e. The van der Waals surface area contributed by atoms with Gasteiger partial charge in [0.2, 0.25) is 6.04 Å². The van der Waals surface area contributed by atoms with Gasteiger partial charge in [-0.15, -0.1) is 0 Å². The molecule has 0 aromatic carbocycles. The molecule has 1 atom stereocenters. The molecule has 0 bridgehead atoms. The number of carbonyl (C=O) groups is 2. The van der Waals surface area contributed by atoms with Gasteiger partial charge in [-0.25, -0.2) is 0 Å². The molecule has 0 aliphatic heterocycles. The SMILES string of the molecule is C[C@@H](C(=O)NCC(F)(F)F)[n+]1cccc(C(N)=O)c1. The first kappa shape index (κ1) is 14.9. The van der Waals surface area contributed by atoms with Crippen LogP contribution in [-0.4, -0.2) is 24.5 Å². The van der Waals surface area contributed by atoms with Crippen molar-refractivity contribution in [2.45, 2.75) is 19.1 Å². The molecule has 0 spiro atoms. The standard InChI is InChI=1S/C11H12F3N3O2/c1-7(10(19)16-6-11(12,13)14)17-4-2-3-8(5-17)9(15)18/h2-5,7H,6H2,1H3,(H2-,15,16,18,19)/p+1/t7-/m0/s1. The summed E-state index contributed by atoms with van der Waals surface area (Å²) in [5, 5.41) is 1.77. The van der Waals surface area contributed by atoms with Gasteiger partial charge in [0.15, 0.2) is 12.4 Å². The average molecular weight is 276 g/mol. The van der Waals surface area contributed by atoms with Crippen LogP contribution < -0.4 is 15.6 Å². The Balaban J connectivity index is 2.77. The number of nitrogens with zero attached hydrogens (tertiary/aromatic N) is 1. The number of primary amides is 1. The van der Waals surface area contributed by atoms with E-state index in [2.05, 4.69) is 0 Å². The summed E-state index contributed by atoms with van der Waals surface area (Å²) >= 11 is 0. The molecule has 0 radical (unpaired) electrons. The van der Waals surface area contributed by atoms with Gasteiger partial charge in [-0.1, -0.05) is 0 Å². The van der Waals surface area contributed by atoms with Crippen LogP contribution in [0.2, 0.25) is 0 Å². The van der Waals surface area contributed by atoms with Crippen LogP contribution in [-0.2, 0) is 4.79 Å². The van der Waals surface area contributed by atoms with E-state index in [0.29, 0.717) is 0 Å². The largest absolute Gasteiger partial charge is 0.405 e. The first-order valence-electron chi connectivity index (χ1n) is 5.36. The summed E-state index contributed by atoms with van der Waals surface area (Å²) in [6, 6.07) is 2.04. The van der Waals surface area contributed by atoms with Gasteiger partial charge in [0.1, 0.15) is 12.1 Å². The van der Waals surface area contributed by atoms with Crippen LogP contribution in [0, 0.1) is 0 Å². The molecule has 104 valence electrons. The highest BCUT2D eigenvalue weighted by Crippen LogP contribution is 2.12. The highest BCUT2D eigenvalue weighted by molar-refractivity contribution is 5.92. The number of nitrogens with one attached hydrogen (secondary N) is 1. The lowest BCUT2D eigenvalue weighted by atomic mass is 10.2. The van der Waals surface area contributed by atoms with Gasteiger partial charge in [-0.2, -0.15) is 17.7 Å². The van der Waals surface area contributed by atoms with Crippen molar-refractivity contribution in [3.8, 4) is 0 Å². The molecular formula is C11H13F3N3O2+. The topological polar surface area (TPSA) is 76.1 Å². The van der Waals surface area contributed by atoms with Crippen LogP contribution in [0.3, 0.4) is 0 Å². The highest BCUT2D eigenvalue weighted by Gasteiger charge is 2.30. The van der Waals surface area contributed by atoms with Crippen molar-refractivity contribution in [2.24, 2.45) is 5.73 Å². The Bertz CT molecular complexity index is 488. The number of aromatic nitrogens is 1. The van der Waals surface area contributed by atoms with Crippen LogP contribution in [0.25, 0.3) is 0 Å². The second-order valence-electron chi connectivity index (χ2n) is 3.91. The third-order valence-corrected chi connectivity index (χ3v) is 2.40. The van der Waals surface area contributed by atoms with Crippen molar-refractivity contribution in [1.29, 1.82) is 0 Å². The van der Waals surface area contributed by atoms with E-state index in [-0.39, 0.29) is 5.56 Å². The zero-order valence-electron chi connectivity index (χ0n) is 10.1. The summed E-state index contributed by atoms with van der Waals surface area (Å²) in [5.74, 6) is -1.49. The number of hydrogen-bond acceptors (Lipinski definition) is 2. The van der Waals surface area contributed by atoms with Crippen LogP contribution in [0.1, 0.15) is 23.3 Å². The molecule has 5 nitrogen and oxygen atoms in total. The fourth-order valence-electron chi connectivity index (χ4n) is 1.35. The van der Waals surface area contributed by atoms with Crippen LogP contribution in [0.15, 0.2) is 24.5 Å². The lowest BCUT2D eigenvalue weighted by molar-refractivity contribution is -0.706. The third-order valence-electron chi connectivity index (χ3n) is 2.40. The number of pyridine rings is 1. The maximum atomic E-state index is 12.0. The minimum Gasteiger partial charge on any atom is -0.365 e. The fourth-order valence-corrected chi connectivity index (χ4v) is 1.35. The predicted octanol–water partition coefficient (Wildman–Crippen LogP) is 0.313. The van der Waals surface area contributed by atoms with Crippen molar-refractivity contribution in [3.05, 3.63) is 30.1 Å². The van der Waals surface area contributed by atoms with Crippen LogP contribution >= 0.6 is 0 Å². The van der Waals surface area contributed by atoms with Gasteiger partial charge in [0, 0.05) is 13.0 Å². The van der Waals surface area contributed by atoms with E-state index in [1.165, 1.54) is 36.0 Å². The molecule has 1 rings (SSSR count). The van der Waals surface area contributed by atoms with E-state index in [9.17, 15) is 22.8 Å². The van der Waals surface area contributed by atoms with Crippen LogP contribution in [0.4, 0.5) is 13.2 Å². The predicted molar refractivity (Wildman–Crippen MR) is 58.9 cm³/mol.